The lowest BCUT2D eigenvalue weighted by Crippen LogP contribution is -2.40. The molecule has 1 aliphatic rings. The van der Waals surface area contributed by atoms with Crippen molar-refractivity contribution >= 4 is 17.8 Å². The minimum Gasteiger partial charge on any atom is -0.466 e. The highest BCUT2D eigenvalue weighted by Crippen LogP contribution is 2.23. The van der Waals surface area contributed by atoms with E-state index < -0.39 is 0 Å². The van der Waals surface area contributed by atoms with Gasteiger partial charge < -0.3 is 24.4 Å². The van der Waals surface area contributed by atoms with E-state index in [0.717, 1.165) is 116 Å². The number of piperidine rings is 1. The van der Waals surface area contributed by atoms with Crippen LogP contribution in [0.3, 0.4) is 0 Å². The van der Waals surface area contributed by atoms with Gasteiger partial charge in [-0.1, -0.05) is 182 Å². The second kappa shape index (κ2) is 40.4. The molecular formula is C51H98N2O6. The summed E-state index contributed by atoms with van der Waals surface area (Å²) in [5.74, 6) is 1.32. The van der Waals surface area contributed by atoms with Crippen molar-refractivity contribution in [3.05, 3.63) is 0 Å². The number of nitrogens with zero attached hydrogens (tertiary/aromatic N) is 1. The molecule has 0 saturated carbocycles. The van der Waals surface area contributed by atoms with E-state index in [1.165, 1.54) is 103 Å². The summed E-state index contributed by atoms with van der Waals surface area (Å²) in [6, 6.07) is 0.161. The first kappa shape index (κ1) is 55.3. The molecule has 0 atom stereocenters. The fraction of sp³-hybridized carbons (Fsp3) is 0.941. The van der Waals surface area contributed by atoms with Crippen molar-refractivity contribution in [2.75, 3.05) is 40.0 Å². The molecule has 0 aromatic carbocycles. The van der Waals surface area contributed by atoms with Gasteiger partial charge in [0.15, 0.2) is 0 Å². The number of unbranched alkanes of at least 4 members (excludes halogenated alkanes) is 16. The van der Waals surface area contributed by atoms with Gasteiger partial charge in [0, 0.05) is 32.0 Å². The Morgan fingerprint density at radius 2 is 0.881 bits per heavy atom. The van der Waals surface area contributed by atoms with Crippen molar-refractivity contribution in [2.45, 2.75) is 258 Å². The maximum Gasteiger partial charge on any atom is 0.305 e. The van der Waals surface area contributed by atoms with Crippen molar-refractivity contribution in [2.24, 2.45) is 11.8 Å². The van der Waals surface area contributed by atoms with Crippen LogP contribution in [0.2, 0.25) is 0 Å². The number of rotatable bonds is 42. The molecule has 1 aliphatic heterocycles. The van der Waals surface area contributed by atoms with Crippen LogP contribution in [0.4, 0.5) is 0 Å². The largest absolute Gasteiger partial charge is 0.466 e. The molecule has 8 heteroatoms. The quantitative estimate of drug-likeness (QED) is 0.0483. The van der Waals surface area contributed by atoms with E-state index in [4.69, 9.17) is 14.2 Å². The molecular weight excluding hydrogens is 737 g/mol. The number of esters is 2. The number of carbonyl (C=O) groups excluding carboxylic acids is 3. The number of likely N-dealkylation sites (tertiary alicyclic amines) is 1. The van der Waals surface area contributed by atoms with Crippen LogP contribution >= 0.6 is 0 Å². The van der Waals surface area contributed by atoms with Crippen LogP contribution in [0.15, 0.2) is 0 Å². The zero-order valence-corrected chi connectivity index (χ0v) is 39.8. The Hall–Kier alpha value is -1.67. The average molecular weight is 835 g/mol. The summed E-state index contributed by atoms with van der Waals surface area (Å²) >= 11 is 0. The van der Waals surface area contributed by atoms with Crippen LogP contribution in [-0.4, -0.2) is 74.8 Å². The van der Waals surface area contributed by atoms with Crippen molar-refractivity contribution in [3.8, 4) is 0 Å². The van der Waals surface area contributed by atoms with Crippen LogP contribution in [0.1, 0.15) is 246 Å². The molecule has 8 nitrogen and oxygen atoms in total. The van der Waals surface area contributed by atoms with E-state index in [0.29, 0.717) is 37.9 Å². The van der Waals surface area contributed by atoms with E-state index in [2.05, 4.69) is 45.0 Å². The Kier molecular flexibility index (Phi) is 37.9. The van der Waals surface area contributed by atoms with E-state index in [9.17, 15) is 14.4 Å². The summed E-state index contributed by atoms with van der Waals surface area (Å²) in [6.45, 7) is 12.4. The van der Waals surface area contributed by atoms with Crippen LogP contribution in [0, 0.1) is 11.8 Å². The molecule has 1 heterocycles. The molecule has 348 valence electrons. The van der Waals surface area contributed by atoms with Crippen LogP contribution in [0.5, 0.6) is 0 Å². The molecule has 0 aromatic rings. The summed E-state index contributed by atoms with van der Waals surface area (Å²) < 4.78 is 17.3. The molecule has 0 aliphatic carbocycles. The van der Waals surface area contributed by atoms with E-state index in [-0.39, 0.29) is 36.6 Å². The number of carbonyl (C=O) groups is 3. The fourth-order valence-electron chi connectivity index (χ4n) is 8.71. The summed E-state index contributed by atoms with van der Waals surface area (Å²) in [5.41, 5.74) is 0. The molecule has 59 heavy (non-hydrogen) atoms. The van der Waals surface area contributed by atoms with E-state index >= 15 is 0 Å². The third kappa shape index (κ3) is 34.6. The van der Waals surface area contributed by atoms with E-state index in [1.807, 2.05) is 0 Å². The standard InChI is InChI=1S/C51H98N2O6/c1-6-10-20-28-45(29-21-11-7-2)38-42-57-50(55)34-26-18-14-16-24-32-47(52-49(54)44-59-48-36-40-53(5)41-37-48)33-25-17-15-19-27-35-51(56)58-43-39-46(30-22-12-8-3)31-23-13-9-4/h45-48H,6-44H2,1-5H3,(H,52,54). The Labute approximate surface area is 365 Å². The summed E-state index contributed by atoms with van der Waals surface area (Å²) in [4.78, 5) is 40.2. The molecule has 0 radical (unpaired) electrons. The van der Waals surface area contributed by atoms with Gasteiger partial charge in [-0.3, -0.25) is 14.4 Å². The van der Waals surface area contributed by atoms with Gasteiger partial charge in [0.1, 0.15) is 6.61 Å². The lowest BCUT2D eigenvalue weighted by molar-refractivity contribution is -0.145. The van der Waals surface area contributed by atoms with Gasteiger partial charge in [0.25, 0.3) is 0 Å². The highest BCUT2D eigenvalue weighted by atomic mass is 16.5. The van der Waals surface area contributed by atoms with Crippen LogP contribution < -0.4 is 5.32 Å². The van der Waals surface area contributed by atoms with Gasteiger partial charge >= 0.3 is 11.9 Å². The van der Waals surface area contributed by atoms with Gasteiger partial charge in [0.05, 0.1) is 19.3 Å². The predicted molar refractivity (Wildman–Crippen MR) is 248 cm³/mol. The SMILES string of the molecule is CCCCCC(CCCCC)CCOC(=O)CCCCCCCC(CCCCCCCC(=O)OCCC(CCCCC)CCCCC)NC(=O)COC1CCN(C)CC1. The summed E-state index contributed by atoms with van der Waals surface area (Å²) in [7, 11) is 2.14. The summed E-state index contributed by atoms with van der Waals surface area (Å²) in [5, 5.41) is 3.31. The second-order valence-electron chi connectivity index (χ2n) is 18.4. The van der Waals surface area contributed by atoms with Crippen LogP contribution in [-0.2, 0) is 28.6 Å². The average Bonchev–Trinajstić information content (AvgIpc) is 3.22. The van der Waals surface area contributed by atoms with Gasteiger partial charge in [-0.25, -0.2) is 0 Å². The predicted octanol–water partition coefficient (Wildman–Crippen LogP) is 13.5. The molecule has 1 fully saturated rings. The van der Waals surface area contributed by atoms with Crippen LogP contribution in [0.25, 0.3) is 0 Å². The van der Waals surface area contributed by atoms with E-state index in [1.54, 1.807) is 0 Å². The topological polar surface area (TPSA) is 94.2 Å². The van der Waals surface area contributed by atoms with Crippen molar-refractivity contribution in [1.82, 2.24) is 10.2 Å². The molecule has 0 spiro atoms. The third-order valence-corrected chi connectivity index (χ3v) is 12.8. The van der Waals surface area contributed by atoms with Gasteiger partial charge in [-0.2, -0.15) is 0 Å². The van der Waals surface area contributed by atoms with Crippen molar-refractivity contribution < 1.29 is 28.6 Å². The number of amides is 1. The minimum atomic E-state index is -0.0364. The summed E-state index contributed by atoms with van der Waals surface area (Å²) in [6.07, 6.45) is 38.1. The Morgan fingerprint density at radius 1 is 0.508 bits per heavy atom. The maximum atomic E-state index is 13.0. The fourth-order valence-corrected chi connectivity index (χ4v) is 8.71. The molecule has 1 N–H and O–H groups in total. The van der Waals surface area contributed by atoms with Gasteiger partial charge in [0.2, 0.25) is 5.91 Å². The first-order valence-electron chi connectivity index (χ1n) is 25.7. The highest BCUT2D eigenvalue weighted by molar-refractivity contribution is 5.77. The smallest absolute Gasteiger partial charge is 0.305 e. The number of hydrogen-bond donors (Lipinski definition) is 1. The zero-order chi connectivity index (χ0) is 43.0. The second-order valence-corrected chi connectivity index (χ2v) is 18.4. The number of hydrogen-bond acceptors (Lipinski definition) is 7. The zero-order valence-electron chi connectivity index (χ0n) is 39.8. The highest BCUT2D eigenvalue weighted by Gasteiger charge is 2.20. The maximum absolute atomic E-state index is 13.0. The normalized spacial score (nSPS) is 13.8. The molecule has 1 rings (SSSR count). The first-order chi connectivity index (χ1) is 28.8. The Balaban J connectivity index is 2.34. The molecule has 0 aromatic heterocycles. The minimum absolute atomic E-state index is 0.00688. The lowest BCUT2D eigenvalue weighted by atomic mass is 9.92. The Morgan fingerprint density at radius 3 is 1.29 bits per heavy atom. The van der Waals surface area contributed by atoms with Gasteiger partial charge in [-0.05, 0) is 70.3 Å². The molecule has 0 unspecified atom stereocenters. The third-order valence-electron chi connectivity index (χ3n) is 12.8. The number of nitrogens with one attached hydrogen (secondary N) is 1. The van der Waals surface area contributed by atoms with Crippen molar-refractivity contribution in [1.29, 1.82) is 0 Å². The number of ether oxygens (including phenoxy) is 3. The molecule has 0 bridgehead atoms. The molecule has 1 amide bonds. The molecule has 1 saturated heterocycles. The lowest BCUT2D eigenvalue weighted by Gasteiger charge is -2.29. The first-order valence-corrected chi connectivity index (χ1v) is 25.7. The Bertz CT molecular complexity index is 894. The van der Waals surface area contributed by atoms with Crippen molar-refractivity contribution in [3.63, 3.8) is 0 Å². The monoisotopic (exact) mass is 835 g/mol. The van der Waals surface area contributed by atoms with Gasteiger partial charge in [-0.15, -0.1) is 0 Å².